The molecule has 0 unspecified atom stereocenters. The number of hydrogen-bond acceptors (Lipinski definition) is 3. The Balaban J connectivity index is 1.61. The molecule has 31 heavy (non-hydrogen) atoms. The van der Waals surface area contributed by atoms with E-state index in [1.807, 2.05) is 84.9 Å². The van der Waals surface area contributed by atoms with Gasteiger partial charge in [-0.25, -0.2) is 4.79 Å². The fourth-order valence-corrected chi connectivity index (χ4v) is 3.66. The minimum absolute atomic E-state index is 0.142. The van der Waals surface area contributed by atoms with E-state index in [1.54, 1.807) is 13.2 Å². The summed E-state index contributed by atoms with van der Waals surface area (Å²) >= 11 is 0. The summed E-state index contributed by atoms with van der Waals surface area (Å²) in [5.74, 6) is 0.909. The number of phenols is 1. The van der Waals surface area contributed by atoms with Gasteiger partial charge in [0, 0.05) is 12.1 Å². The van der Waals surface area contributed by atoms with Crippen LogP contribution in [0.25, 0.3) is 10.8 Å². The molecule has 0 spiro atoms. The lowest BCUT2D eigenvalue weighted by molar-refractivity contribution is 0.238. The quantitative estimate of drug-likeness (QED) is 0.411. The second kappa shape index (κ2) is 9.22. The van der Waals surface area contributed by atoms with Crippen LogP contribution in [0.5, 0.6) is 11.5 Å². The highest BCUT2D eigenvalue weighted by Gasteiger charge is 2.22. The van der Waals surface area contributed by atoms with Crippen LogP contribution in [0.2, 0.25) is 0 Å². The first kappa shape index (κ1) is 20.3. The van der Waals surface area contributed by atoms with Gasteiger partial charge in [-0.3, -0.25) is 0 Å². The van der Waals surface area contributed by atoms with Gasteiger partial charge in [0.1, 0.15) is 11.5 Å². The van der Waals surface area contributed by atoms with Gasteiger partial charge in [0.25, 0.3) is 0 Å². The summed E-state index contributed by atoms with van der Waals surface area (Å²) in [6.45, 7) is 0.374. The monoisotopic (exact) mass is 412 g/mol. The van der Waals surface area contributed by atoms with Crippen molar-refractivity contribution in [3.05, 3.63) is 108 Å². The standard InChI is InChI=1S/C26H24N2O3/c1-31-21-14-11-18(12-15-21)17-27-26(30)28-25(20-8-3-2-4-9-20)24-22-10-6-5-7-19(22)13-16-23(24)29/h2-16,25,29H,17H2,1H3,(H2,27,28,30)/t25-/m1/s1. The first-order valence-corrected chi connectivity index (χ1v) is 10.1. The largest absolute Gasteiger partial charge is 0.508 e. The lowest BCUT2D eigenvalue weighted by atomic mass is 9.93. The molecular weight excluding hydrogens is 388 g/mol. The summed E-state index contributed by atoms with van der Waals surface area (Å²) in [6.07, 6.45) is 0. The van der Waals surface area contributed by atoms with Crippen molar-refractivity contribution < 1.29 is 14.6 Å². The van der Waals surface area contributed by atoms with Gasteiger partial charge in [-0.2, -0.15) is 0 Å². The molecule has 0 heterocycles. The van der Waals surface area contributed by atoms with Crippen molar-refractivity contribution in [3.63, 3.8) is 0 Å². The number of ether oxygens (including phenoxy) is 1. The number of carbonyl (C=O) groups excluding carboxylic acids is 1. The molecule has 0 aromatic heterocycles. The Kier molecular flexibility index (Phi) is 6.03. The number of nitrogens with one attached hydrogen (secondary N) is 2. The highest BCUT2D eigenvalue weighted by Crippen LogP contribution is 2.35. The highest BCUT2D eigenvalue weighted by atomic mass is 16.5. The van der Waals surface area contributed by atoms with E-state index in [9.17, 15) is 9.90 Å². The van der Waals surface area contributed by atoms with Gasteiger partial charge in [-0.15, -0.1) is 0 Å². The normalized spacial score (nSPS) is 11.6. The summed E-state index contributed by atoms with van der Waals surface area (Å²) < 4.78 is 5.17. The second-order valence-corrected chi connectivity index (χ2v) is 7.24. The summed E-state index contributed by atoms with van der Waals surface area (Å²) in [7, 11) is 1.62. The summed E-state index contributed by atoms with van der Waals surface area (Å²) in [4.78, 5) is 12.8. The Morgan fingerprint density at radius 3 is 2.35 bits per heavy atom. The van der Waals surface area contributed by atoms with Crippen LogP contribution in [-0.2, 0) is 6.54 Å². The maximum absolute atomic E-state index is 12.8. The van der Waals surface area contributed by atoms with E-state index in [2.05, 4.69) is 10.6 Å². The maximum Gasteiger partial charge on any atom is 0.315 e. The zero-order valence-electron chi connectivity index (χ0n) is 17.2. The fraction of sp³-hybridized carbons (Fsp3) is 0.115. The van der Waals surface area contributed by atoms with Crippen LogP contribution < -0.4 is 15.4 Å². The zero-order valence-corrected chi connectivity index (χ0v) is 17.2. The molecule has 4 rings (SSSR count). The summed E-state index contributed by atoms with van der Waals surface area (Å²) in [6, 6.07) is 27.7. The number of carbonyl (C=O) groups is 1. The molecule has 0 radical (unpaired) electrons. The van der Waals surface area contributed by atoms with Crippen molar-refractivity contribution in [3.8, 4) is 11.5 Å². The molecule has 0 bridgehead atoms. The van der Waals surface area contributed by atoms with Crippen LogP contribution in [0.3, 0.4) is 0 Å². The smallest absolute Gasteiger partial charge is 0.315 e. The number of phenolic OH excluding ortho intramolecular Hbond substituents is 1. The van der Waals surface area contributed by atoms with Gasteiger partial charge in [-0.05, 0) is 40.1 Å². The molecule has 0 aliphatic heterocycles. The van der Waals surface area contributed by atoms with Crippen LogP contribution >= 0.6 is 0 Å². The molecule has 4 aromatic carbocycles. The number of benzene rings is 4. The van der Waals surface area contributed by atoms with Crippen molar-refractivity contribution in [2.24, 2.45) is 0 Å². The minimum Gasteiger partial charge on any atom is -0.508 e. The Hall–Kier alpha value is -3.99. The predicted octanol–water partition coefficient (Wildman–Crippen LogP) is 5.14. The van der Waals surface area contributed by atoms with Gasteiger partial charge in [0.05, 0.1) is 13.2 Å². The van der Waals surface area contributed by atoms with Crippen LogP contribution in [0.15, 0.2) is 91.0 Å². The van der Waals surface area contributed by atoms with Crippen LogP contribution in [0.4, 0.5) is 4.79 Å². The van der Waals surface area contributed by atoms with Crippen molar-refractivity contribution >= 4 is 16.8 Å². The van der Waals surface area contributed by atoms with Crippen molar-refractivity contribution in [1.29, 1.82) is 0 Å². The first-order valence-electron chi connectivity index (χ1n) is 10.1. The Morgan fingerprint density at radius 2 is 1.61 bits per heavy atom. The molecule has 156 valence electrons. The molecule has 0 aliphatic rings. The lowest BCUT2D eigenvalue weighted by Crippen LogP contribution is -2.38. The van der Waals surface area contributed by atoms with E-state index in [0.29, 0.717) is 12.1 Å². The SMILES string of the molecule is COc1ccc(CNC(=O)N[C@H](c2ccccc2)c2c(O)ccc3ccccc23)cc1. The van der Waals surface area contributed by atoms with Gasteiger partial charge >= 0.3 is 6.03 Å². The Bertz CT molecular complexity index is 1170. The van der Waals surface area contributed by atoms with E-state index in [-0.39, 0.29) is 11.8 Å². The molecule has 0 fully saturated rings. The first-order chi connectivity index (χ1) is 15.2. The molecule has 0 saturated heterocycles. The van der Waals surface area contributed by atoms with Crippen molar-refractivity contribution in [2.75, 3.05) is 7.11 Å². The molecule has 4 aromatic rings. The van der Waals surface area contributed by atoms with Crippen molar-refractivity contribution in [2.45, 2.75) is 12.6 Å². The third kappa shape index (κ3) is 4.61. The van der Waals surface area contributed by atoms with Gasteiger partial charge in [-0.1, -0.05) is 72.8 Å². The summed E-state index contributed by atoms with van der Waals surface area (Å²) in [5, 5.41) is 18.6. The lowest BCUT2D eigenvalue weighted by Gasteiger charge is -2.23. The van der Waals surface area contributed by atoms with E-state index in [1.165, 1.54) is 0 Å². The highest BCUT2D eigenvalue weighted by molar-refractivity contribution is 5.89. The molecule has 5 heteroatoms. The number of aromatic hydroxyl groups is 1. The Labute approximate surface area is 181 Å². The molecule has 2 amide bonds. The molecular formula is C26H24N2O3. The molecule has 0 aliphatic carbocycles. The second-order valence-electron chi connectivity index (χ2n) is 7.24. The average Bonchev–Trinajstić information content (AvgIpc) is 2.82. The minimum atomic E-state index is -0.511. The number of rotatable bonds is 6. The third-order valence-electron chi connectivity index (χ3n) is 5.26. The third-order valence-corrected chi connectivity index (χ3v) is 5.26. The topological polar surface area (TPSA) is 70.6 Å². The fourth-order valence-electron chi connectivity index (χ4n) is 3.66. The number of urea groups is 1. The molecule has 5 nitrogen and oxygen atoms in total. The van der Waals surface area contributed by atoms with Crippen LogP contribution in [0, 0.1) is 0 Å². The Morgan fingerprint density at radius 1 is 0.903 bits per heavy atom. The molecule has 1 atom stereocenters. The van der Waals surface area contributed by atoms with E-state index in [0.717, 1.165) is 27.6 Å². The molecule has 3 N–H and O–H groups in total. The number of hydrogen-bond donors (Lipinski definition) is 3. The number of amides is 2. The number of fused-ring (bicyclic) bond motifs is 1. The van der Waals surface area contributed by atoms with Gasteiger partial charge in [0.15, 0.2) is 0 Å². The van der Waals surface area contributed by atoms with E-state index >= 15 is 0 Å². The van der Waals surface area contributed by atoms with Crippen molar-refractivity contribution in [1.82, 2.24) is 10.6 Å². The average molecular weight is 412 g/mol. The maximum atomic E-state index is 12.8. The molecule has 0 saturated carbocycles. The van der Waals surface area contributed by atoms with Crippen LogP contribution in [-0.4, -0.2) is 18.2 Å². The predicted molar refractivity (Wildman–Crippen MR) is 122 cm³/mol. The van der Waals surface area contributed by atoms with Crippen LogP contribution in [0.1, 0.15) is 22.7 Å². The van der Waals surface area contributed by atoms with Gasteiger partial charge < -0.3 is 20.5 Å². The zero-order chi connectivity index (χ0) is 21.6. The van der Waals surface area contributed by atoms with E-state index < -0.39 is 6.04 Å². The number of methoxy groups -OCH3 is 1. The van der Waals surface area contributed by atoms with Gasteiger partial charge in [0.2, 0.25) is 0 Å². The summed E-state index contributed by atoms with van der Waals surface area (Å²) in [5.41, 5.74) is 2.51. The van der Waals surface area contributed by atoms with E-state index in [4.69, 9.17) is 4.74 Å².